The number of nitrogens with one attached hydrogen (secondary N) is 2. The van der Waals surface area contributed by atoms with Gasteiger partial charge in [-0.05, 0) is 11.4 Å². The minimum atomic E-state index is -1.23. The molecule has 0 radical (unpaired) electrons. The second-order valence-corrected chi connectivity index (χ2v) is 6.03. The van der Waals surface area contributed by atoms with Gasteiger partial charge in [0.2, 0.25) is 11.8 Å². The normalized spacial score (nSPS) is 23.7. The van der Waals surface area contributed by atoms with Crippen LogP contribution in [-0.4, -0.2) is 52.7 Å². The number of aliphatic hydroxyl groups is 2. The van der Waals surface area contributed by atoms with E-state index in [0.29, 0.717) is 4.88 Å². The minimum absolute atomic E-state index is 0.0862. The molecule has 124 valence electrons. The summed E-state index contributed by atoms with van der Waals surface area (Å²) in [5, 5.41) is 26.5. The van der Waals surface area contributed by atoms with Crippen LogP contribution in [0.15, 0.2) is 29.2 Å². The van der Waals surface area contributed by atoms with Crippen LogP contribution < -0.4 is 16.4 Å². The predicted molar refractivity (Wildman–Crippen MR) is 82.5 cm³/mol. The molecule has 0 unspecified atom stereocenters. The Hall–Kier alpha value is -2.23. The monoisotopic (exact) mass is 339 g/mol. The number of primary amides is 1. The molecule has 23 heavy (non-hydrogen) atoms. The summed E-state index contributed by atoms with van der Waals surface area (Å²) in [5.41, 5.74) is 5.12. The molecule has 0 spiro atoms. The third kappa shape index (κ3) is 4.38. The lowest BCUT2D eigenvalue weighted by Crippen LogP contribution is -2.51. The molecular formula is C14H17N3O5S. The molecule has 3 atom stereocenters. The largest absolute Gasteiger partial charge is 0.390 e. The summed E-state index contributed by atoms with van der Waals surface area (Å²) in [7, 11) is 0. The van der Waals surface area contributed by atoms with Crippen molar-refractivity contribution in [2.24, 2.45) is 5.73 Å². The van der Waals surface area contributed by atoms with E-state index in [1.165, 1.54) is 17.4 Å². The Morgan fingerprint density at radius 2 is 2.04 bits per heavy atom. The first-order valence-corrected chi connectivity index (χ1v) is 7.74. The van der Waals surface area contributed by atoms with E-state index >= 15 is 0 Å². The summed E-state index contributed by atoms with van der Waals surface area (Å²) in [5.74, 6) is -1.69. The van der Waals surface area contributed by atoms with Crippen LogP contribution in [0, 0.1) is 0 Å². The van der Waals surface area contributed by atoms with E-state index in [1.54, 1.807) is 17.5 Å². The average molecular weight is 339 g/mol. The molecular weight excluding hydrogens is 322 g/mol. The highest BCUT2D eigenvalue weighted by atomic mass is 32.1. The van der Waals surface area contributed by atoms with Crippen LogP contribution in [0.3, 0.4) is 0 Å². The molecule has 1 heterocycles. The van der Waals surface area contributed by atoms with Crippen molar-refractivity contribution < 1.29 is 24.6 Å². The molecule has 3 amide bonds. The first-order chi connectivity index (χ1) is 10.9. The van der Waals surface area contributed by atoms with Crippen LogP contribution in [0.25, 0.3) is 0 Å². The highest BCUT2D eigenvalue weighted by Gasteiger charge is 2.33. The van der Waals surface area contributed by atoms with E-state index in [2.05, 4.69) is 10.6 Å². The Balaban J connectivity index is 2.09. The Morgan fingerprint density at radius 1 is 1.30 bits per heavy atom. The Labute approximate surface area is 136 Å². The van der Waals surface area contributed by atoms with Gasteiger partial charge in [0, 0.05) is 12.0 Å². The molecule has 0 fully saturated rings. The van der Waals surface area contributed by atoms with Crippen LogP contribution in [-0.2, 0) is 9.59 Å². The minimum Gasteiger partial charge on any atom is -0.390 e. The summed E-state index contributed by atoms with van der Waals surface area (Å²) in [4.78, 5) is 35.1. The van der Waals surface area contributed by atoms with Crippen LogP contribution in [0.5, 0.6) is 0 Å². The van der Waals surface area contributed by atoms with Gasteiger partial charge in [0.25, 0.3) is 5.91 Å². The summed E-state index contributed by atoms with van der Waals surface area (Å²) in [6.45, 7) is -0.332. The summed E-state index contributed by atoms with van der Waals surface area (Å²) in [6, 6.07) is 2.42. The molecule has 0 saturated carbocycles. The Kier molecular flexibility index (Phi) is 5.48. The van der Waals surface area contributed by atoms with Gasteiger partial charge in [0.15, 0.2) is 0 Å². The van der Waals surface area contributed by atoms with Gasteiger partial charge in [-0.25, -0.2) is 0 Å². The summed E-state index contributed by atoms with van der Waals surface area (Å²) in [6.07, 6.45) is -1.15. The molecule has 0 bridgehead atoms. The maximum Gasteiger partial charge on any atom is 0.261 e. The number of carbonyl (C=O) groups is 3. The maximum absolute atomic E-state index is 12.0. The zero-order valence-electron chi connectivity index (χ0n) is 12.1. The van der Waals surface area contributed by atoms with Crippen molar-refractivity contribution >= 4 is 29.1 Å². The molecule has 2 rings (SSSR count). The highest BCUT2D eigenvalue weighted by molar-refractivity contribution is 7.12. The molecule has 8 nitrogen and oxygen atoms in total. The molecule has 1 aliphatic carbocycles. The number of aliphatic hydroxyl groups excluding tert-OH is 2. The maximum atomic E-state index is 12.0. The molecule has 0 aliphatic heterocycles. The lowest BCUT2D eigenvalue weighted by atomic mass is 9.90. The van der Waals surface area contributed by atoms with Crippen molar-refractivity contribution in [1.29, 1.82) is 0 Å². The van der Waals surface area contributed by atoms with E-state index in [-0.39, 0.29) is 18.5 Å². The average Bonchev–Trinajstić information content (AvgIpc) is 3.03. The fourth-order valence-corrected chi connectivity index (χ4v) is 2.80. The number of carbonyl (C=O) groups excluding carboxylic acids is 3. The van der Waals surface area contributed by atoms with E-state index in [4.69, 9.17) is 5.73 Å². The Morgan fingerprint density at radius 3 is 2.65 bits per heavy atom. The molecule has 6 N–H and O–H groups in total. The van der Waals surface area contributed by atoms with E-state index in [9.17, 15) is 24.6 Å². The number of thiophene rings is 1. The molecule has 1 aromatic rings. The van der Waals surface area contributed by atoms with Gasteiger partial charge in [-0.3, -0.25) is 14.4 Å². The third-order valence-electron chi connectivity index (χ3n) is 3.33. The number of nitrogens with two attached hydrogens (primary N) is 1. The molecule has 0 aromatic carbocycles. The number of amides is 3. The van der Waals surface area contributed by atoms with Crippen molar-refractivity contribution in [1.82, 2.24) is 10.6 Å². The van der Waals surface area contributed by atoms with Crippen LogP contribution >= 0.6 is 11.3 Å². The smallest absolute Gasteiger partial charge is 0.261 e. The van der Waals surface area contributed by atoms with E-state index in [1.807, 2.05) is 0 Å². The fraction of sp³-hybridized carbons (Fsp3) is 0.357. The van der Waals surface area contributed by atoms with Gasteiger partial charge < -0.3 is 26.6 Å². The number of rotatable bonds is 5. The highest BCUT2D eigenvalue weighted by Crippen LogP contribution is 2.20. The molecule has 0 saturated heterocycles. The van der Waals surface area contributed by atoms with Crippen molar-refractivity contribution in [2.75, 3.05) is 6.54 Å². The van der Waals surface area contributed by atoms with Gasteiger partial charge in [-0.1, -0.05) is 12.1 Å². The predicted octanol–water partition coefficient (Wildman–Crippen LogP) is -1.50. The van der Waals surface area contributed by atoms with Crippen molar-refractivity contribution in [3.05, 3.63) is 34.0 Å². The first-order valence-electron chi connectivity index (χ1n) is 6.86. The first kappa shape index (κ1) is 17.1. The van der Waals surface area contributed by atoms with Gasteiger partial charge >= 0.3 is 0 Å². The lowest BCUT2D eigenvalue weighted by Gasteiger charge is -2.30. The van der Waals surface area contributed by atoms with Crippen molar-refractivity contribution in [2.45, 2.75) is 24.7 Å². The van der Waals surface area contributed by atoms with Gasteiger partial charge in [-0.2, -0.15) is 0 Å². The quantitative estimate of drug-likeness (QED) is 0.444. The van der Waals surface area contributed by atoms with Gasteiger partial charge in [0.1, 0.15) is 6.10 Å². The topological polar surface area (TPSA) is 142 Å². The van der Waals surface area contributed by atoms with E-state index in [0.717, 1.165) is 0 Å². The molecule has 9 heteroatoms. The number of hydrogen-bond acceptors (Lipinski definition) is 6. The Bertz CT molecular complexity index is 628. The van der Waals surface area contributed by atoms with Crippen molar-refractivity contribution in [3.8, 4) is 0 Å². The van der Waals surface area contributed by atoms with Crippen LogP contribution in [0.2, 0.25) is 0 Å². The lowest BCUT2D eigenvalue weighted by molar-refractivity contribution is -0.123. The standard InChI is InChI=1S/C14H17N3O5S/c15-11(19)6-16-13(21)7-4-8(12(20)9(18)5-7)17-14(22)10-2-1-3-23-10/h1-4,8-9,12,18,20H,5-6H2,(H2,15,19)(H,16,21)(H,17,22)/t8-,9-,12-/m1/s1. The van der Waals surface area contributed by atoms with Crippen molar-refractivity contribution in [3.63, 3.8) is 0 Å². The molecule has 1 aliphatic rings. The SMILES string of the molecule is NC(=O)CNC(=O)C1=C[C@@H](NC(=O)c2cccs2)[C@@H](O)[C@H](O)C1. The zero-order valence-corrected chi connectivity index (χ0v) is 12.9. The molecule has 1 aromatic heterocycles. The van der Waals surface area contributed by atoms with Crippen LogP contribution in [0.4, 0.5) is 0 Å². The van der Waals surface area contributed by atoms with Crippen LogP contribution in [0.1, 0.15) is 16.1 Å². The van der Waals surface area contributed by atoms with Gasteiger partial charge in [-0.15, -0.1) is 11.3 Å². The fourth-order valence-electron chi connectivity index (χ4n) is 2.18. The van der Waals surface area contributed by atoms with E-state index < -0.39 is 36.0 Å². The second-order valence-electron chi connectivity index (χ2n) is 5.08. The number of hydrogen-bond donors (Lipinski definition) is 5. The summed E-state index contributed by atoms with van der Waals surface area (Å²) >= 11 is 1.23. The zero-order chi connectivity index (χ0) is 17.0. The van der Waals surface area contributed by atoms with Gasteiger partial charge in [0.05, 0.1) is 23.6 Å². The second kappa shape index (κ2) is 7.36. The summed E-state index contributed by atoms with van der Waals surface area (Å²) < 4.78 is 0. The third-order valence-corrected chi connectivity index (χ3v) is 4.20.